The standard InChI is InChI=1S/C29H16O6/c30-18-9-7-15-13-17-26(16-8-10-19(31)25(18)23(15)16)29(27-20(32)11-12-28(17,27)33)34-21-5-1-3-14-4-2-6-22(35-29)24(14)21/h1-13,27,30,33H/t27-,28+/m1/s1. The molecule has 0 saturated carbocycles. The number of hydrogen-bond acceptors (Lipinski definition) is 6. The number of carbonyl (C=O) groups excluding carboxylic acids is 2. The molecule has 0 amide bonds. The first-order valence-corrected chi connectivity index (χ1v) is 11.3. The van der Waals surface area contributed by atoms with Crippen molar-refractivity contribution in [1.29, 1.82) is 0 Å². The Morgan fingerprint density at radius 1 is 0.829 bits per heavy atom. The van der Waals surface area contributed by atoms with Crippen LogP contribution >= 0.6 is 0 Å². The second-order valence-electron chi connectivity index (χ2n) is 9.44. The Balaban J connectivity index is 1.53. The normalized spacial score (nSPS) is 24.1. The van der Waals surface area contributed by atoms with Gasteiger partial charge in [0.15, 0.2) is 11.6 Å². The maximum absolute atomic E-state index is 13.3. The smallest absolute Gasteiger partial charge is 0.292 e. The lowest BCUT2D eigenvalue weighted by Gasteiger charge is -2.41. The lowest BCUT2D eigenvalue weighted by atomic mass is 9.84. The van der Waals surface area contributed by atoms with Gasteiger partial charge in [0.05, 0.1) is 16.5 Å². The number of fused-ring (bicyclic) bond motifs is 6. The van der Waals surface area contributed by atoms with Gasteiger partial charge < -0.3 is 19.7 Å². The molecule has 0 saturated heterocycles. The van der Waals surface area contributed by atoms with E-state index in [0.717, 1.165) is 10.8 Å². The molecule has 0 unspecified atom stereocenters. The number of phenolic OH excluding ortho intramolecular Hbond substituents is 1. The predicted octanol–water partition coefficient (Wildman–Crippen LogP) is 4.49. The first-order chi connectivity index (χ1) is 16.9. The quantitative estimate of drug-likeness (QED) is 0.402. The van der Waals surface area contributed by atoms with E-state index < -0.39 is 17.3 Å². The van der Waals surface area contributed by atoms with Crippen molar-refractivity contribution in [3.63, 3.8) is 0 Å². The molecule has 2 N–H and O–H groups in total. The van der Waals surface area contributed by atoms with Gasteiger partial charge in [-0.2, -0.15) is 0 Å². The largest absolute Gasteiger partial charge is 0.507 e. The fraction of sp³-hybridized carbons (Fsp3) is 0.103. The molecule has 4 aromatic rings. The van der Waals surface area contributed by atoms with E-state index in [2.05, 4.69) is 0 Å². The molecular formula is C29H16O6. The molecule has 4 aliphatic rings. The van der Waals surface area contributed by atoms with Crippen LogP contribution in [0.4, 0.5) is 0 Å². The summed E-state index contributed by atoms with van der Waals surface area (Å²) in [6, 6.07) is 16.2. The summed E-state index contributed by atoms with van der Waals surface area (Å²) in [6.07, 6.45) is 5.92. The Labute approximate surface area is 198 Å². The number of benzene rings is 4. The summed E-state index contributed by atoms with van der Waals surface area (Å²) >= 11 is 0. The van der Waals surface area contributed by atoms with Crippen LogP contribution < -0.4 is 9.47 Å². The molecule has 35 heavy (non-hydrogen) atoms. The molecule has 0 fully saturated rings. The van der Waals surface area contributed by atoms with Crippen LogP contribution in [0.5, 0.6) is 17.2 Å². The summed E-state index contributed by atoms with van der Waals surface area (Å²) in [4.78, 5) is 26.1. The minimum atomic E-state index is -1.68. The van der Waals surface area contributed by atoms with Crippen molar-refractivity contribution in [3.05, 3.63) is 95.1 Å². The molecule has 0 bridgehead atoms. The second kappa shape index (κ2) is 5.79. The minimum Gasteiger partial charge on any atom is -0.507 e. The number of ketones is 2. The van der Waals surface area contributed by atoms with Crippen LogP contribution in [0.2, 0.25) is 0 Å². The van der Waals surface area contributed by atoms with Crippen LogP contribution in [0.1, 0.15) is 27.0 Å². The maximum Gasteiger partial charge on any atom is 0.292 e. The molecule has 2 atom stereocenters. The van der Waals surface area contributed by atoms with Crippen LogP contribution in [0.15, 0.2) is 72.8 Å². The third-order valence-corrected chi connectivity index (χ3v) is 7.71. The van der Waals surface area contributed by atoms with Crippen molar-refractivity contribution < 1.29 is 29.3 Å². The first-order valence-electron chi connectivity index (χ1n) is 11.3. The second-order valence-corrected chi connectivity index (χ2v) is 9.44. The van der Waals surface area contributed by atoms with Crippen LogP contribution in [0.3, 0.4) is 0 Å². The van der Waals surface area contributed by atoms with E-state index in [9.17, 15) is 19.8 Å². The van der Waals surface area contributed by atoms with Crippen molar-refractivity contribution >= 4 is 39.2 Å². The number of aromatic hydroxyl groups is 1. The van der Waals surface area contributed by atoms with Crippen molar-refractivity contribution in [2.75, 3.05) is 0 Å². The Bertz CT molecular complexity index is 1740. The van der Waals surface area contributed by atoms with E-state index in [0.29, 0.717) is 39.0 Å². The highest BCUT2D eigenvalue weighted by Crippen LogP contribution is 2.62. The van der Waals surface area contributed by atoms with Crippen LogP contribution in [0.25, 0.3) is 27.6 Å². The Kier molecular flexibility index (Phi) is 3.14. The number of aliphatic hydroxyl groups is 1. The SMILES string of the molecule is O=C1C=Cc2c3c(cc4ccc(O)c1c24)[C@@]1(O)C=CC(=O)[C@H]1C31Oc2cccc3cccc(c23)O1. The Hall–Kier alpha value is -4.42. The predicted molar refractivity (Wildman–Crippen MR) is 127 cm³/mol. The van der Waals surface area contributed by atoms with Gasteiger partial charge in [0, 0.05) is 10.9 Å². The topological polar surface area (TPSA) is 93.1 Å². The molecule has 1 aliphatic heterocycles. The van der Waals surface area contributed by atoms with Gasteiger partial charge in [0.25, 0.3) is 5.79 Å². The van der Waals surface area contributed by atoms with Gasteiger partial charge in [-0.1, -0.05) is 30.3 Å². The lowest BCUT2D eigenvalue weighted by Crippen LogP contribution is -2.51. The maximum atomic E-state index is 13.3. The van der Waals surface area contributed by atoms with Gasteiger partial charge in [-0.05, 0) is 64.9 Å². The monoisotopic (exact) mass is 460 g/mol. The summed E-state index contributed by atoms with van der Waals surface area (Å²) < 4.78 is 13.2. The van der Waals surface area contributed by atoms with E-state index in [1.165, 1.54) is 24.3 Å². The summed E-state index contributed by atoms with van der Waals surface area (Å²) in [5.41, 5.74) is 0.0670. The van der Waals surface area contributed by atoms with E-state index in [-0.39, 0.29) is 22.9 Å². The molecule has 1 heterocycles. The zero-order chi connectivity index (χ0) is 23.7. The van der Waals surface area contributed by atoms with E-state index in [1.54, 1.807) is 18.2 Å². The summed E-state index contributed by atoms with van der Waals surface area (Å²) in [7, 11) is 0. The van der Waals surface area contributed by atoms with Crippen molar-refractivity contribution in [2.24, 2.45) is 5.92 Å². The van der Waals surface area contributed by atoms with Crippen molar-refractivity contribution in [1.82, 2.24) is 0 Å². The molecule has 0 radical (unpaired) electrons. The van der Waals surface area contributed by atoms with Crippen LogP contribution in [0, 0.1) is 5.92 Å². The summed E-state index contributed by atoms with van der Waals surface area (Å²) in [5.74, 6) is -2.45. The van der Waals surface area contributed by atoms with E-state index in [4.69, 9.17) is 9.47 Å². The van der Waals surface area contributed by atoms with Crippen molar-refractivity contribution in [3.8, 4) is 17.2 Å². The molecule has 8 rings (SSSR count). The average Bonchev–Trinajstić information content (AvgIpc) is 3.27. The molecule has 6 heteroatoms. The summed E-state index contributed by atoms with van der Waals surface area (Å²) in [6.45, 7) is 0. The zero-order valence-electron chi connectivity index (χ0n) is 18.1. The molecule has 168 valence electrons. The third-order valence-electron chi connectivity index (χ3n) is 7.71. The van der Waals surface area contributed by atoms with Gasteiger partial charge in [-0.3, -0.25) is 9.59 Å². The third kappa shape index (κ3) is 2.02. The highest BCUT2D eigenvalue weighted by atomic mass is 16.7. The van der Waals surface area contributed by atoms with Gasteiger partial charge >= 0.3 is 0 Å². The number of rotatable bonds is 0. The fourth-order valence-electron chi connectivity index (χ4n) is 6.36. The van der Waals surface area contributed by atoms with Crippen molar-refractivity contribution in [2.45, 2.75) is 11.4 Å². The number of ether oxygens (including phenoxy) is 2. The minimum absolute atomic E-state index is 0.129. The number of allylic oxidation sites excluding steroid dienone is 2. The fourth-order valence-corrected chi connectivity index (χ4v) is 6.36. The van der Waals surface area contributed by atoms with Gasteiger partial charge in [-0.25, -0.2) is 0 Å². The number of phenols is 1. The Morgan fingerprint density at radius 3 is 2.31 bits per heavy atom. The van der Waals surface area contributed by atoms with Gasteiger partial charge in [0.1, 0.15) is 28.8 Å². The molecule has 6 nitrogen and oxygen atoms in total. The lowest BCUT2D eigenvalue weighted by molar-refractivity contribution is -0.191. The van der Waals surface area contributed by atoms with Gasteiger partial charge in [0.2, 0.25) is 0 Å². The number of carbonyl (C=O) groups is 2. The Morgan fingerprint density at radius 2 is 1.57 bits per heavy atom. The van der Waals surface area contributed by atoms with E-state index >= 15 is 0 Å². The molecule has 4 aromatic carbocycles. The van der Waals surface area contributed by atoms with Crippen LogP contribution in [-0.2, 0) is 16.2 Å². The van der Waals surface area contributed by atoms with Crippen LogP contribution in [-0.4, -0.2) is 21.8 Å². The highest BCUT2D eigenvalue weighted by molar-refractivity contribution is 6.22. The molecule has 3 aliphatic carbocycles. The first kappa shape index (κ1) is 18.9. The molecule has 0 aromatic heterocycles. The average molecular weight is 460 g/mol. The van der Waals surface area contributed by atoms with E-state index in [1.807, 2.05) is 36.4 Å². The molecule has 1 spiro atoms. The molecular weight excluding hydrogens is 444 g/mol. The highest BCUT2D eigenvalue weighted by Gasteiger charge is 2.69. The zero-order valence-corrected chi connectivity index (χ0v) is 18.1. The summed E-state index contributed by atoms with van der Waals surface area (Å²) in [5, 5.41) is 25.4. The van der Waals surface area contributed by atoms with Gasteiger partial charge in [-0.15, -0.1) is 0 Å². The number of hydrogen-bond donors (Lipinski definition) is 2.